The molecule has 0 N–H and O–H groups in total. The molecule has 1 aromatic rings. The van der Waals surface area contributed by atoms with E-state index in [-0.39, 0.29) is 17.5 Å². The number of hydrogen-bond acceptors (Lipinski definition) is 2. The molecule has 1 heterocycles. The maximum Gasteiger partial charge on any atom is 0.168 e. The first-order valence-electron chi connectivity index (χ1n) is 5.98. The molecule has 1 unspecified atom stereocenters. The topological polar surface area (TPSA) is 26.3 Å². The van der Waals surface area contributed by atoms with Gasteiger partial charge < -0.3 is 4.74 Å². The van der Waals surface area contributed by atoms with Gasteiger partial charge in [0.1, 0.15) is 5.82 Å². The highest BCUT2D eigenvalue weighted by Crippen LogP contribution is 2.24. The van der Waals surface area contributed by atoms with Gasteiger partial charge in [0.15, 0.2) is 5.78 Å². The predicted molar refractivity (Wildman–Crippen MR) is 63.7 cm³/mol. The molecule has 0 aromatic heterocycles. The smallest absolute Gasteiger partial charge is 0.168 e. The van der Waals surface area contributed by atoms with Crippen LogP contribution in [0.15, 0.2) is 12.1 Å². The van der Waals surface area contributed by atoms with Crippen LogP contribution >= 0.6 is 0 Å². The van der Waals surface area contributed by atoms with Crippen molar-refractivity contribution in [1.29, 1.82) is 0 Å². The predicted octanol–water partition coefficient (Wildman–Crippen LogP) is 3.05. The zero-order valence-corrected chi connectivity index (χ0v) is 10.3. The van der Waals surface area contributed by atoms with Crippen molar-refractivity contribution in [2.45, 2.75) is 26.7 Å². The lowest BCUT2D eigenvalue weighted by Crippen LogP contribution is -2.26. The van der Waals surface area contributed by atoms with Crippen LogP contribution in [0, 0.1) is 25.6 Å². The van der Waals surface area contributed by atoms with Crippen LogP contribution in [-0.4, -0.2) is 19.0 Å². The number of carbonyl (C=O) groups excluding carboxylic acids is 1. The lowest BCUT2D eigenvalue weighted by molar-refractivity contribution is 0.0460. The second kappa shape index (κ2) is 4.96. The zero-order valence-electron chi connectivity index (χ0n) is 10.3. The van der Waals surface area contributed by atoms with Gasteiger partial charge >= 0.3 is 0 Å². The molecule has 0 bridgehead atoms. The Labute approximate surface area is 101 Å². The molecule has 1 saturated heterocycles. The molecule has 3 heteroatoms. The lowest BCUT2D eigenvalue weighted by Gasteiger charge is -2.22. The fraction of sp³-hybridized carbons (Fsp3) is 0.500. The molecule has 92 valence electrons. The Bertz CT molecular complexity index is 411. The Morgan fingerprint density at radius 3 is 2.53 bits per heavy atom. The summed E-state index contributed by atoms with van der Waals surface area (Å²) in [5.74, 6) is -0.247. The van der Waals surface area contributed by atoms with Gasteiger partial charge in [0.05, 0.1) is 6.61 Å². The van der Waals surface area contributed by atoms with Crippen molar-refractivity contribution in [3.8, 4) is 0 Å². The minimum Gasteiger partial charge on any atom is -0.381 e. The van der Waals surface area contributed by atoms with Crippen LogP contribution in [0.25, 0.3) is 0 Å². The Kier molecular flexibility index (Phi) is 3.57. The van der Waals surface area contributed by atoms with Gasteiger partial charge in [0.25, 0.3) is 0 Å². The number of ether oxygens (including phenoxy) is 1. The summed E-state index contributed by atoms with van der Waals surface area (Å²) in [7, 11) is 0. The SMILES string of the molecule is Cc1cc(F)cc(C)c1C(=O)C1CCCOC1. The Balaban J connectivity index is 2.30. The Morgan fingerprint density at radius 2 is 2.00 bits per heavy atom. The Hall–Kier alpha value is -1.22. The average Bonchev–Trinajstić information content (AvgIpc) is 2.28. The highest BCUT2D eigenvalue weighted by atomic mass is 19.1. The lowest BCUT2D eigenvalue weighted by atomic mass is 9.88. The molecular weight excluding hydrogens is 219 g/mol. The van der Waals surface area contributed by atoms with Gasteiger partial charge in [-0.15, -0.1) is 0 Å². The highest BCUT2D eigenvalue weighted by Gasteiger charge is 2.25. The third-order valence-corrected chi connectivity index (χ3v) is 3.27. The van der Waals surface area contributed by atoms with Crippen molar-refractivity contribution in [2.24, 2.45) is 5.92 Å². The number of carbonyl (C=O) groups is 1. The van der Waals surface area contributed by atoms with Gasteiger partial charge in [-0.25, -0.2) is 4.39 Å². The van der Waals surface area contributed by atoms with E-state index in [1.807, 2.05) is 0 Å². The first-order valence-corrected chi connectivity index (χ1v) is 5.98. The molecule has 0 radical (unpaired) electrons. The van der Waals surface area contributed by atoms with Crippen LogP contribution in [0.2, 0.25) is 0 Å². The number of benzene rings is 1. The summed E-state index contributed by atoms with van der Waals surface area (Å²) in [6.45, 7) is 4.81. The first kappa shape index (κ1) is 12.2. The van der Waals surface area contributed by atoms with Crippen LogP contribution in [0.5, 0.6) is 0 Å². The van der Waals surface area contributed by atoms with Gasteiger partial charge in [0, 0.05) is 18.1 Å². The summed E-state index contributed by atoms with van der Waals surface area (Å²) in [6.07, 6.45) is 1.80. The van der Waals surface area contributed by atoms with E-state index < -0.39 is 0 Å². The van der Waals surface area contributed by atoms with Crippen molar-refractivity contribution in [3.05, 3.63) is 34.6 Å². The Morgan fingerprint density at radius 1 is 1.35 bits per heavy atom. The summed E-state index contributed by atoms with van der Waals surface area (Å²) in [5.41, 5.74) is 2.11. The fourth-order valence-electron chi connectivity index (χ4n) is 2.45. The fourth-order valence-corrected chi connectivity index (χ4v) is 2.45. The van der Waals surface area contributed by atoms with Crippen LogP contribution in [-0.2, 0) is 4.74 Å². The number of rotatable bonds is 2. The minimum absolute atomic E-state index is 0.0633. The van der Waals surface area contributed by atoms with Gasteiger partial charge in [0.2, 0.25) is 0 Å². The molecule has 1 fully saturated rings. The van der Waals surface area contributed by atoms with Gasteiger partial charge in [-0.1, -0.05) is 0 Å². The number of aryl methyl sites for hydroxylation is 2. The largest absolute Gasteiger partial charge is 0.381 e. The van der Waals surface area contributed by atoms with E-state index in [1.54, 1.807) is 13.8 Å². The second-order valence-corrected chi connectivity index (χ2v) is 4.69. The standard InChI is InChI=1S/C14H17FO2/c1-9-6-12(15)7-10(2)13(9)14(16)11-4-3-5-17-8-11/h6-7,11H,3-5,8H2,1-2H3. The maximum absolute atomic E-state index is 13.2. The summed E-state index contributed by atoms with van der Waals surface area (Å²) >= 11 is 0. The third kappa shape index (κ3) is 2.55. The molecule has 0 saturated carbocycles. The van der Waals surface area contributed by atoms with Gasteiger partial charge in [-0.2, -0.15) is 0 Å². The monoisotopic (exact) mass is 236 g/mol. The van der Waals surface area contributed by atoms with E-state index in [0.29, 0.717) is 12.2 Å². The van der Waals surface area contributed by atoms with E-state index in [4.69, 9.17) is 4.74 Å². The second-order valence-electron chi connectivity index (χ2n) is 4.69. The summed E-state index contributed by atoms with van der Waals surface area (Å²) in [4.78, 5) is 12.4. The van der Waals surface area contributed by atoms with Crippen LogP contribution in [0.1, 0.15) is 34.3 Å². The van der Waals surface area contributed by atoms with E-state index in [1.165, 1.54) is 12.1 Å². The molecule has 17 heavy (non-hydrogen) atoms. The molecule has 2 rings (SSSR count). The van der Waals surface area contributed by atoms with E-state index in [9.17, 15) is 9.18 Å². The molecular formula is C14H17FO2. The zero-order chi connectivity index (χ0) is 12.4. The minimum atomic E-state index is -0.281. The molecule has 1 atom stereocenters. The van der Waals surface area contributed by atoms with Crippen molar-refractivity contribution >= 4 is 5.78 Å². The average molecular weight is 236 g/mol. The normalized spacial score (nSPS) is 20.3. The van der Waals surface area contributed by atoms with Crippen LogP contribution < -0.4 is 0 Å². The summed E-state index contributed by atoms with van der Waals surface area (Å²) < 4.78 is 18.5. The number of Topliss-reactive ketones (excluding diaryl/α,β-unsaturated/α-hetero) is 1. The molecule has 0 spiro atoms. The van der Waals surface area contributed by atoms with Crippen molar-refractivity contribution < 1.29 is 13.9 Å². The number of ketones is 1. The van der Waals surface area contributed by atoms with Crippen LogP contribution in [0.3, 0.4) is 0 Å². The molecule has 0 amide bonds. The quantitative estimate of drug-likeness (QED) is 0.738. The van der Waals surface area contributed by atoms with E-state index in [0.717, 1.165) is 30.6 Å². The van der Waals surface area contributed by atoms with Crippen molar-refractivity contribution in [2.75, 3.05) is 13.2 Å². The maximum atomic E-state index is 13.2. The first-order chi connectivity index (χ1) is 8.09. The van der Waals surface area contributed by atoms with Gasteiger partial charge in [-0.3, -0.25) is 4.79 Å². The third-order valence-electron chi connectivity index (χ3n) is 3.27. The van der Waals surface area contributed by atoms with Crippen LogP contribution in [0.4, 0.5) is 4.39 Å². The van der Waals surface area contributed by atoms with E-state index in [2.05, 4.69) is 0 Å². The molecule has 1 aromatic carbocycles. The number of halogens is 1. The van der Waals surface area contributed by atoms with Gasteiger partial charge in [-0.05, 0) is 49.9 Å². The molecule has 1 aliphatic heterocycles. The van der Waals surface area contributed by atoms with E-state index >= 15 is 0 Å². The number of hydrogen-bond donors (Lipinski definition) is 0. The molecule has 1 aliphatic rings. The summed E-state index contributed by atoms with van der Waals surface area (Å²) in [6, 6.07) is 2.84. The highest BCUT2D eigenvalue weighted by molar-refractivity contribution is 6.00. The van der Waals surface area contributed by atoms with Crippen molar-refractivity contribution in [3.63, 3.8) is 0 Å². The molecule has 2 nitrogen and oxygen atoms in total. The summed E-state index contributed by atoms with van der Waals surface area (Å²) in [5, 5.41) is 0. The van der Waals surface area contributed by atoms with Crippen molar-refractivity contribution in [1.82, 2.24) is 0 Å². The molecule has 0 aliphatic carbocycles.